The van der Waals surface area contributed by atoms with E-state index in [1.54, 1.807) is 11.3 Å². The molecule has 0 bridgehead atoms. The van der Waals surface area contributed by atoms with Gasteiger partial charge in [0.25, 0.3) is 0 Å². The second-order valence-corrected chi connectivity index (χ2v) is 9.21. The summed E-state index contributed by atoms with van der Waals surface area (Å²) in [5.74, 6) is 0. The minimum absolute atomic E-state index is 0. The van der Waals surface area contributed by atoms with Crippen LogP contribution in [0, 0.1) is 0 Å². The van der Waals surface area contributed by atoms with Gasteiger partial charge in [-0.2, -0.15) is 11.6 Å². The van der Waals surface area contributed by atoms with Crippen LogP contribution in [0.5, 0.6) is 0 Å². The average molecular weight is 684 g/mol. The molecule has 0 aliphatic rings. The number of fused-ring (bicyclic) bond motifs is 1. The first-order valence-electron chi connectivity index (χ1n) is 12.0. The van der Waals surface area contributed by atoms with Gasteiger partial charge in [-0.3, -0.25) is 5.01 Å². The molecule has 0 aliphatic heterocycles. The van der Waals surface area contributed by atoms with Gasteiger partial charge >= 0.3 is 0 Å². The zero-order chi connectivity index (χ0) is 21.9. The first kappa shape index (κ1) is 64.0. The number of rotatable bonds is 13. The molecule has 5 heteroatoms. The summed E-state index contributed by atoms with van der Waals surface area (Å²) >= 11 is 1.70. The summed E-state index contributed by atoms with van der Waals surface area (Å²) < 4.78 is 1.20. The standard InChI is InChI=1S/C27H36N3S.10CH4.Y/c1-4-7-9-13-22-17-18-23(14-10-8-5-2)24(20-22)21-28-30(19-6-3)27-29-25-15-11-12-16-26(25)31-27;;;;;;;;;;;/h11-12,15-18,20H,4-10,13-14,19H2,1-3H3;10*1H4;/q-1;;;;;;;;;;;. The Labute approximate surface area is 297 Å². The molecule has 42 heavy (non-hydrogen) atoms. The molecule has 0 saturated heterocycles. The molecule has 0 spiro atoms. The van der Waals surface area contributed by atoms with Crippen LogP contribution >= 0.6 is 11.3 Å². The molecule has 0 atom stereocenters. The number of aryl methyl sites for hydroxylation is 2. The van der Waals surface area contributed by atoms with Gasteiger partial charge in [0.05, 0.1) is 10.2 Å². The summed E-state index contributed by atoms with van der Waals surface area (Å²) in [4.78, 5) is 4.81. The van der Waals surface area contributed by atoms with E-state index in [9.17, 15) is 0 Å². The van der Waals surface area contributed by atoms with Crippen molar-refractivity contribution in [2.75, 3.05) is 11.6 Å². The summed E-state index contributed by atoms with van der Waals surface area (Å²) in [5, 5.41) is 7.77. The van der Waals surface area contributed by atoms with Crippen molar-refractivity contribution in [1.29, 1.82) is 0 Å². The van der Waals surface area contributed by atoms with Crippen molar-refractivity contribution in [2.45, 2.75) is 153 Å². The third kappa shape index (κ3) is 20.0. The van der Waals surface area contributed by atoms with Gasteiger partial charge in [-0.15, -0.1) is 17.2 Å². The first-order valence-corrected chi connectivity index (χ1v) is 12.8. The van der Waals surface area contributed by atoms with Gasteiger partial charge < -0.3 is 0 Å². The number of hydrazone groups is 1. The molecule has 3 aromatic rings. The molecule has 1 heterocycles. The van der Waals surface area contributed by atoms with Crippen LogP contribution in [0.2, 0.25) is 0 Å². The summed E-state index contributed by atoms with van der Waals surface area (Å²) in [7, 11) is 0. The van der Waals surface area contributed by atoms with Crippen molar-refractivity contribution in [1.82, 2.24) is 4.98 Å². The first-order chi connectivity index (χ1) is 15.2. The Morgan fingerprint density at radius 2 is 1.29 bits per heavy atom. The Morgan fingerprint density at radius 3 is 1.83 bits per heavy atom. The normalized spacial score (nSPS) is 8.55. The van der Waals surface area contributed by atoms with E-state index in [2.05, 4.69) is 63.4 Å². The average Bonchev–Trinajstić information content (AvgIpc) is 3.22. The van der Waals surface area contributed by atoms with Crippen molar-refractivity contribution >= 4 is 32.9 Å². The quantitative estimate of drug-likeness (QED) is 0.0776. The van der Waals surface area contributed by atoms with Gasteiger partial charge in [0.15, 0.2) is 0 Å². The minimum atomic E-state index is 0. The van der Waals surface area contributed by atoms with Gasteiger partial charge in [-0.1, -0.05) is 170 Å². The Hall–Kier alpha value is -1.10. The maximum absolute atomic E-state index is 4.81. The topological polar surface area (TPSA) is 28.5 Å². The second-order valence-electron chi connectivity index (χ2n) is 8.20. The van der Waals surface area contributed by atoms with E-state index >= 15 is 0 Å². The molecule has 3 nitrogen and oxygen atoms in total. The van der Waals surface area contributed by atoms with Crippen LogP contribution in [0.25, 0.3) is 10.2 Å². The zero-order valence-corrected chi connectivity index (χ0v) is 23.6. The summed E-state index contributed by atoms with van der Waals surface area (Å²) in [6.07, 6.45) is 14.2. The molecule has 0 unspecified atom stereocenters. The molecule has 1 aromatic heterocycles. The van der Waals surface area contributed by atoms with Crippen molar-refractivity contribution in [3.8, 4) is 0 Å². The molecule has 1 radical (unpaired) electrons. The maximum Gasteiger partial charge on any atom is 0.206 e. The van der Waals surface area contributed by atoms with E-state index in [1.807, 2.05) is 11.1 Å². The van der Waals surface area contributed by atoms with Crippen LogP contribution < -0.4 is 5.01 Å². The molecule has 0 N–H and O–H groups in total. The Kier molecular flexibility index (Phi) is 55.0. The van der Waals surface area contributed by atoms with Gasteiger partial charge in [-0.25, -0.2) is 10.1 Å². The number of hydrogen-bond acceptors (Lipinski definition) is 4. The second kappa shape index (κ2) is 36.1. The van der Waals surface area contributed by atoms with Gasteiger partial charge in [0.1, 0.15) is 0 Å². The fraction of sp³-hybridized carbons (Fsp3) is 0.622. The van der Waals surface area contributed by atoms with Gasteiger partial charge in [0.2, 0.25) is 5.13 Å². The number of hydrogen-bond donors (Lipinski definition) is 0. The van der Waals surface area contributed by atoms with Crippen LogP contribution in [0.4, 0.5) is 5.13 Å². The molecular formula is C37H76N3SY-. The van der Waals surface area contributed by atoms with Crippen LogP contribution in [0.15, 0.2) is 47.6 Å². The van der Waals surface area contributed by atoms with E-state index in [1.165, 1.54) is 54.4 Å². The molecule has 3 rings (SSSR count). The number of benzene rings is 2. The molecule has 0 saturated carbocycles. The predicted molar refractivity (Wildman–Crippen MR) is 204 cm³/mol. The third-order valence-electron chi connectivity index (χ3n) is 5.52. The largest absolute Gasteiger partial charge is 0.252 e. The van der Waals surface area contributed by atoms with E-state index < -0.39 is 0 Å². The third-order valence-corrected chi connectivity index (χ3v) is 6.57. The van der Waals surface area contributed by atoms with E-state index in [0.717, 1.165) is 42.0 Å². The molecular weight excluding hydrogens is 607 g/mol. The number of nitrogens with zero attached hydrogens (tertiary/aromatic N) is 3. The van der Waals surface area contributed by atoms with Crippen LogP contribution in [-0.4, -0.2) is 17.7 Å². The number of thiazole rings is 1. The number of anilines is 1. The van der Waals surface area contributed by atoms with Crippen LogP contribution in [0.3, 0.4) is 0 Å². The SMILES string of the molecule is C.C.C.C.C.C.C.C.C.C.CCCCCc1ccc(CCCCC)c([C-]=NN(CCC)c2nc3ccccc3s2)c1.[Y]. The molecule has 0 fully saturated rings. The molecule has 0 aliphatic carbocycles. The van der Waals surface area contributed by atoms with E-state index in [-0.39, 0.29) is 107 Å². The monoisotopic (exact) mass is 683 g/mol. The molecule has 249 valence electrons. The van der Waals surface area contributed by atoms with Gasteiger partial charge in [0, 0.05) is 39.3 Å². The smallest absolute Gasteiger partial charge is 0.206 e. The number of unbranched alkanes of at least 4 members (excludes halogenated alkanes) is 4. The Bertz CT molecular complexity index is 936. The minimum Gasteiger partial charge on any atom is -0.252 e. The Morgan fingerprint density at radius 1 is 0.714 bits per heavy atom. The number of aromatic nitrogens is 1. The van der Waals surface area contributed by atoms with E-state index in [4.69, 9.17) is 10.1 Å². The summed E-state index contributed by atoms with van der Waals surface area (Å²) in [6, 6.07) is 15.2. The predicted octanol–water partition coefficient (Wildman–Crippen LogP) is 14.2. The van der Waals surface area contributed by atoms with Crippen molar-refractivity contribution in [3.63, 3.8) is 0 Å². The zero-order valence-electron chi connectivity index (χ0n) is 19.9. The van der Waals surface area contributed by atoms with Crippen molar-refractivity contribution in [2.24, 2.45) is 5.10 Å². The molecule has 2 aromatic carbocycles. The van der Waals surface area contributed by atoms with Crippen molar-refractivity contribution in [3.05, 3.63) is 59.2 Å². The fourth-order valence-corrected chi connectivity index (χ4v) is 4.67. The number of para-hydroxylation sites is 1. The summed E-state index contributed by atoms with van der Waals surface area (Å²) in [6.45, 7) is 7.54. The summed E-state index contributed by atoms with van der Waals surface area (Å²) in [5.41, 5.74) is 4.94. The van der Waals surface area contributed by atoms with Crippen LogP contribution in [0.1, 0.15) is 157 Å². The van der Waals surface area contributed by atoms with Crippen LogP contribution in [-0.2, 0) is 45.6 Å². The molecule has 0 amide bonds. The van der Waals surface area contributed by atoms with Crippen molar-refractivity contribution < 1.29 is 32.7 Å². The van der Waals surface area contributed by atoms with E-state index in [0.29, 0.717) is 0 Å². The maximum atomic E-state index is 4.81. The van der Waals surface area contributed by atoms with Gasteiger partial charge in [-0.05, 0) is 31.2 Å². The fourth-order valence-electron chi connectivity index (χ4n) is 3.73. The Balaban J connectivity index is -0.000000141.